The highest BCUT2D eigenvalue weighted by molar-refractivity contribution is 5.79. The van der Waals surface area contributed by atoms with Gasteiger partial charge in [-0.1, -0.05) is 36.4 Å². The zero-order chi connectivity index (χ0) is 14.2. The van der Waals surface area contributed by atoms with E-state index < -0.39 is 0 Å². The predicted octanol–water partition coefficient (Wildman–Crippen LogP) is 4.76. The van der Waals surface area contributed by atoms with Gasteiger partial charge in [0.2, 0.25) is 0 Å². The molecule has 21 heavy (non-hydrogen) atoms. The van der Waals surface area contributed by atoms with Crippen LogP contribution in [0.1, 0.15) is 11.1 Å². The molecule has 0 radical (unpaired) electrons. The molecule has 3 aromatic rings. The number of aromatic hydroxyl groups is 1. The van der Waals surface area contributed by atoms with Crippen LogP contribution in [0.4, 0.5) is 0 Å². The Morgan fingerprint density at radius 3 is 2.38 bits per heavy atom. The fraction of sp³-hybridized carbons (Fsp3) is 0.0526. The molecule has 0 saturated heterocycles. The van der Waals surface area contributed by atoms with Crippen LogP contribution in [0.2, 0.25) is 0 Å². The van der Waals surface area contributed by atoms with Crippen LogP contribution in [0.5, 0.6) is 17.2 Å². The highest BCUT2D eigenvalue weighted by Crippen LogP contribution is 2.42. The van der Waals surface area contributed by atoms with Gasteiger partial charge in [0, 0.05) is 12.0 Å². The molecule has 0 fully saturated rings. The molecule has 3 aromatic carbocycles. The molecule has 102 valence electrons. The van der Waals surface area contributed by atoms with E-state index in [1.807, 2.05) is 12.1 Å². The molecule has 0 bridgehead atoms. The maximum absolute atomic E-state index is 9.34. The fourth-order valence-electron chi connectivity index (χ4n) is 2.86. The van der Waals surface area contributed by atoms with Crippen molar-refractivity contribution in [1.29, 1.82) is 0 Å². The van der Waals surface area contributed by atoms with Gasteiger partial charge in [-0.3, -0.25) is 0 Å². The summed E-state index contributed by atoms with van der Waals surface area (Å²) in [5, 5.41) is 9.34. The average molecular weight is 274 g/mol. The molecule has 4 rings (SSSR count). The summed E-state index contributed by atoms with van der Waals surface area (Å²) in [6, 6.07) is 21.4. The first-order valence-corrected chi connectivity index (χ1v) is 6.98. The van der Waals surface area contributed by atoms with E-state index in [0.717, 1.165) is 17.9 Å². The normalized spacial score (nSPS) is 11.8. The number of fused-ring (bicyclic) bond motifs is 3. The minimum atomic E-state index is 0.244. The smallest absolute Gasteiger partial charge is 0.131 e. The van der Waals surface area contributed by atoms with Crippen LogP contribution in [0, 0.1) is 0 Å². The van der Waals surface area contributed by atoms with E-state index in [9.17, 15) is 5.11 Å². The number of phenolic OH excluding ortho intramolecular Hbond substituents is 1. The summed E-state index contributed by atoms with van der Waals surface area (Å²) in [6.45, 7) is 0. The van der Waals surface area contributed by atoms with E-state index in [-0.39, 0.29) is 5.75 Å². The maximum atomic E-state index is 9.34. The van der Waals surface area contributed by atoms with Gasteiger partial charge in [-0.25, -0.2) is 0 Å². The van der Waals surface area contributed by atoms with Crippen molar-refractivity contribution >= 4 is 0 Å². The van der Waals surface area contributed by atoms with Crippen molar-refractivity contribution in [3.8, 4) is 28.4 Å². The number of rotatable bonds is 2. The van der Waals surface area contributed by atoms with Crippen LogP contribution >= 0.6 is 0 Å². The molecule has 0 unspecified atom stereocenters. The standard InChI is InChI=1S/C19H14O2/c20-14-8-10-15(11-9-14)21-19-7-3-6-17-16-5-2-1-4-13(16)12-18(17)19/h1-11,20H,12H2. The molecule has 0 saturated carbocycles. The molecular formula is C19H14O2. The van der Waals surface area contributed by atoms with Crippen molar-refractivity contribution in [2.24, 2.45) is 0 Å². The van der Waals surface area contributed by atoms with E-state index >= 15 is 0 Å². The Labute approximate surface area is 123 Å². The van der Waals surface area contributed by atoms with Crippen LogP contribution in [0.25, 0.3) is 11.1 Å². The molecule has 0 amide bonds. The second-order valence-electron chi connectivity index (χ2n) is 5.21. The number of hydrogen-bond donors (Lipinski definition) is 1. The van der Waals surface area contributed by atoms with E-state index in [1.54, 1.807) is 24.3 Å². The van der Waals surface area contributed by atoms with Crippen molar-refractivity contribution in [3.63, 3.8) is 0 Å². The predicted molar refractivity (Wildman–Crippen MR) is 82.9 cm³/mol. The van der Waals surface area contributed by atoms with Gasteiger partial charge in [0.05, 0.1) is 0 Å². The van der Waals surface area contributed by atoms with Crippen molar-refractivity contribution in [2.45, 2.75) is 6.42 Å². The number of phenols is 1. The monoisotopic (exact) mass is 274 g/mol. The third-order valence-corrected chi connectivity index (χ3v) is 3.87. The van der Waals surface area contributed by atoms with Gasteiger partial charge in [0.25, 0.3) is 0 Å². The Morgan fingerprint density at radius 1 is 0.762 bits per heavy atom. The molecule has 0 heterocycles. The SMILES string of the molecule is Oc1ccc(Oc2cccc3c2Cc2ccccc2-3)cc1. The van der Waals surface area contributed by atoms with Crippen molar-refractivity contribution < 1.29 is 9.84 Å². The third-order valence-electron chi connectivity index (χ3n) is 3.87. The van der Waals surface area contributed by atoms with Gasteiger partial charge in [0.15, 0.2) is 0 Å². The van der Waals surface area contributed by atoms with Crippen LogP contribution in [0.15, 0.2) is 66.7 Å². The third kappa shape index (κ3) is 2.05. The maximum Gasteiger partial charge on any atom is 0.131 e. The van der Waals surface area contributed by atoms with E-state index in [0.29, 0.717) is 0 Å². The molecule has 0 aliphatic heterocycles. The lowest BCUT2D eigenvalue weighted by Crippen LogP contribution is -1.90. The Morgan fingerprint density at radius 2 is 1.52 bits per heavy atom. The van der Waals surface area contributed by atoms with Gasteiger partial charge in [-0.15, -0.1) is 0 Å². The number of ether oxygens (including phenoxy) is 1. The fourth-order valence-corrected chi connectivity index (χ4v) is 2.86. The molecule has 0 aromatic heterocycles. The van der Waals surface area contributed by atoms with Gasteiger partial charge < -0.3 is 9.84 Å². The lowest BCUT2D eigenvalue weighted by molar-refractivity contribution is 0.462. The summed E-state index contributed by atoms with van der Waals surface area (Å²) >= 11 is 0. The molecule has 1 N–H and O–H groups in total. The van der Waals surface area contributed by atoms with Crippen LogP contribution in [-0.4, -0.2) is 5.11 Å². The first kappa shape index (κ1) is 12.0. The average Bonchev–Trinajstić information content (AvgIpc) is 2.89. The molecule has 1 aliphatic carbocycles. The number of hydrogen-bond acceptors (Lipinski definition) is 2. The summed E-state index contributed by atoms with van der Waals surface area (Å²) in [5.41, 5.74) is 5.12. The summed E-state index contributed by atoms with van der Waals surface area (Å²) < 4.78 is 6.00. The lowest BCUT2D eigenvalue weighted by Gasteiger charge is -2.10. The summed E-state index contributed by atoms with van der Waals surface area (Å²) in [4.78, 5) is 0. The summed E-state index contributed by atoms with van der Waals surface area (Å²) in [5.74, 6) is 1.86. The molecule has 2 nitrogen and oxygen atoms in total. The van der Waals surface area contributed by atoms with Crippen molar-refractivity contribution in [2.75, 3.05) is 0 Å². The minimum absolute atomic E-state index is 0.244. The number of benzene rings is 3. The van der Waals surface area contributed by atoms with Crippen LogP contribution in [0.3, 0.4) is 0 Å². The quantitative estimate of drug-likeness (QED) is 0.571. The Balaban J connectivity index is 1.74. The first-order valence-electron chi connectivity index (χ1n) is 6.98. The van der Waals surface area contributed by atoms with Crippen molar-refractivity contribution in [3.05, 3.63) is 77.9 Å². The van der Waals surface area contributed by atoms with Gasteiger partial charge >= 0.3 is 0 Å². The highest BCUT2D eigenvalue weighted by Gasteiger charge is 2.21. The Hall–Kier alpha value is -2.74. The summed E-state index contributed by atoms with van der Waals surface area (Å²) in [6.07, 6.45) is 0.903. The Bertz CT molecular complexity index is 804. The topological polar surface area (TPSA) is 29.5 Å². The molecule has 2 heteroatoms. The lowest BCUT2D eigenvalue weighted by atomic mass is 10.1. The minimum Gasteiger partial charge on any atom is -0.508 e. The molecular weight excluding hydrogens is 260 g/mol. The van der Waals surface area contributed by atoms with Crippen LogP contribution < -0.4 is 4.74 Å². The largest absolute Gasteiger partial charge is 0.508 e. The summed E-state index contributed by atoms with van der Waals surface area (Å²) in [7, 11) is 0. The highest BCUT2D eigenvalue weighted by atomic mass is 16.5. The van der Waals surface area contributed by atoms with Gasteiger partial charge in [0.1, 0.15) is 17.2 Å². The second-order valence-corrected chi connectivity index (χ2v) is 5.21. The van der Waals surface area contributed by atoms with E-state index in [4.69, 9.17) is 4.74 Å². The Kier molecular flexibility index (Phi) is 2.68. The zero-order valence-corrected chi connectivity index (χ0v) is 11.4. The first-order chi connectivity index (χ1) is 10.3. The van der Waals surface area contributed by atoms with Gasteiger partial charge in [-0.05, 0) is 47.0 Å². The molecule has 0 atom stereocenters. The van der Waals surface area contributed by atoms with Crippen molar-refractivity contribution in [1.82, 2.24) is 0 Å². The van der Waals surface area contributed by atoms with Gasteiger partial charge in [-0.2, -0.15) is 0 Å². The zero-order valence-electron chi connectivity index (χ0n) is 11.4. The molecule has 1 aliphatic rings. The van der Waals surface area contributed by atoms with E-state index in [2.05, 4.69) is 30.3 Å². The second kappa shape index (κ2) is 4.67. The molecule has 0 spiro atoms. The van der Waals surface area contributed by atoms with Crippen LogP contribution in [-0.2, 0) is 6.42 Å². The van der Waals surface area contributed by atoms with E-state index in [1.165, 1.54) is 22.3 Å².